The van der Waals surface area contributed by atoms with Gasteiger partial charge in [0.2, 0.25) is 0 Å². The van der Waals surface area contributed by atoms with Crippen molar-refractivity contribution in [2.75, 3.05) is 20.7 Å². The lowest BCUT2D eigenvalue weighted by Crippen LogP contribution is -2.47. The van der Waals surface area contributed by atoms with E-state index in [0.29, 0.717) is 19.4 Å². The van der Waals surface area contributed by atoms with Crippen LogP contribution in [0, 0.1) is 0 Å². The smallest absolute Gasteiger partial charge is 0.328 e. The van der Waals surface area contributed by atoms with E-state index in [0.717, 1.165) is 44.5 Å². The van der Waals surface area contributed by atoms with Gasteiger partial charge < -0.3 is 35.1 Å². The van der Waals surface area contributed by atoms with E-state index >= 15 is 0 Å². The summed E-state index contributed by atoms with van der Waals surface area (Å²) in [4.78, 5) is 27.4. The fourth-order valence-electron chi connectivity index (χ4n) is 6.96. The molecule has 1 saturated heterocycles. The Kier molecular flexibility index (Phi) is 14.0. The van der Waals surface area contributed by atoms with Crippen LogP contribution in [0.2, 0.25) is 0 Å². The number of rotatable bonds is 15. The van der Waals surface area contributed by atoms with Gasteiger partial charge in [-0.05, 0) is 59.0 Å². The summed E-state index contributed by atoms with van der Waals surface area (Å²) >= 11 is 0. The molecule has 10 nitrogen and oxygen atoms in total. The molecule has 6 unspecified atom stereocenters. The van der Waals surface area contributed by atoms with Gasteiger partial charge in [-0.2, -0.15) is 0 Å². The Labute approximate surface area is 329 Å². The van der Waals surface area contributed by atoms with Crippen molar-refractivity contribution >= 4 is 12.0 Å². The zero-order chi connectivity index (χ0) is 39.4. The maximum Gasteiger partial charge on any atom is 0.328 e. The van der Waals surface area contributed by atoms with E-state index in [-0.39, 0.29) is 31.4 Å². The number of carbonyl (C=O) groups excluding carboxylic acids is 2. The van der Waals surface area contributed by atoms with Crippen LogP contribution in [-0.2, 0) is 38.6 Å². The first-order chi connectivity index (χ1) is 27.2. The van der Waals surface area contributed by atoms with Gasteiger partial charge in [0.1, 0.15) is 6.04 Å². The van der Waals surface area contributed by atoms with Gasteiger partial charge in [0.25, 0.3) is 0 Å². The number of likely N-dealkylation sites (N-methyl/N-ethyl adjacent to an activating group) is 1. The number of urea groups is 1. The molecule has 0 bridgehead atoms. The third kappa shape index (κ3) is 10.7. The Morgan fingerprint density at radius 2 is 1.46 bits per heavy atom. The lowest BCUT2D eigenvalue weighted by atomic mass is 9.98. The van der Waals surface area contributed by atoms with Gasteiger partial charge in [-0.15, -0.1) is 0 Å². The minimum absolute atomic E-state index is 0.0274. The third-order valence-electron chi connectivity index (χ3n) is 10.4. The molecular formula is C46H51N3O7. The van der Waals surface area contributed by atoms with Gasteiger partial charge >= 0.3 is 12.0 Å². The van der Waals surface area contributed by atoms with E-state index in [4.69, 9.17) is 14.2 Å². The first-order valence-electron chi connectivity index (χ1n) is 19.0. The number of esters is 1. The molecular weight excluding hydrogens is 707 g/mol. The zero-order valence-corrected chi connectivity index (χ0v) is 32.1. The topological polar surface area (TPSA) is 130 Å². The number of nitrogens with one attached hydrogen (secondary N) is 2. The quantitative estimate of drug-likeness (QED) is 0.0839. The predicted molar refractivity (Wildman–Crippen MR) is 215 cm³/mol. The monoisotopic (exact) mass is 757 g/mol. The molecule has 0 aromatic heterocycles. The van der Waals surface area contributed by atoms with Crippen LogP contribution in [0.3, 0.4) is 0 Å². The highest BCUT2D eigenvalue weighted by Gasteiger charge is 2.34. The molecule has 292 valence electrons. The van der Waals surface area contributed by atoms with Crippen LogP contribution in [0.25, 0.3) is 11.1 Å². The van der Waals surface area contributed by atoms with Crippen LogP contribution >= 0.6 is 0 Å². The summed E-state index contributed by atoms with van der Waals surface area (Å²) in [6.45, 7) is 2.84. The summed E-state index contributed by atoms with van der Waals surface area (Å²) in [6, 6.07) is 41.6. The van der Waals surface area contributed by atoms with Gasteiger partial charge in [0.15, 0.2) is 6.29 Å². The van der Waals surface area contributed by atoms with E-state index in [1.165, 1.54) is 7.11 Å². The number of hydrogen-bond acceptors (Lipinski definition) is 8. The number of benzene rings is 5. The molecule has 2 amide bonds. The Morgan fingerprint density at radius 1 is 0.804 bits per heavy atom. The van der Waals surface area contributed by atoms with Crippen LogP contribution in [0.15, 0.2) is 133 Å². The molecule has 0 spiro atoms. The fourth-order valence-corrected chi connectivity index (χ4v) is 6.96. The van der Waals surface area contributed by atoms with Gasteiger partial charge in [-0.1, -0.05) is 127 Å². The van der Waals surface area contributed by atoms with Gasteiger partial charge in [0.05, 0.1) is 32.0 Å². The van der Waals surface area contributed by atoms with E-state index in [2.05, 4.69) is 15.5 Å². The highest BCUT2D eigenvalue weighted by atomic mass is 16.7. The second-order valence-corrected chi connectivity index (χ2v) is 14.3. The first kappa shape index (κ1) is 40.3. The maximum absolute atomic E-state index is 12.8. The Balaban J connectivity index is 1.11. The molecule has 0 saturated carbocycles. The van der Waals surface area contributed by atoms with Crippen molar-refractivity contribution in [2.45, 2.75) is 69.6 Å². The number of hydrogen-bond donors (Lipinski definition) is 4. The van der Waals surface area contributed by atoms with Crippen molar-refractivity contribution in [1.29, 1.82) is 0 Å². The zero-order valence-electron chi connectivity index (χ0n) is 32.1. The summed E-state index contributed by atoms with van der Waals surface area (Å²) in [6.07, 6.45) is -0.761. The second-order valence-electron chi connectivity index (χ2n) is 14.3. The largest absolute Gasteiger partial charge is 0.467 e. The predicted octanol–water partition coefficient (Wildman–Crippen LogP) is 7.03. The van der Waals surface area contributed by atoms with E-state index in [9.17, 15) is 19.8 Å². The average molecular weight is 758 g/mol. The third-order valence-corrected chi connectivity index (χ3v) is 10.4. The number of carbonyl (C=O) groups is 2. The molecule has 0 aliphatic carbocycles. The number of ether oxygens (including phenoxy) is 3. The molecule has 6 rings (SSSR count). The molecule has 5 aromatic rings. The summed E-state index contributed by atoms with van der Waals surface area (Å²) in [5, 5.41) is 26.3. The van der Waals surface area contributed by atoms with Gasteiger partial charge in [-0.25, -0.2) is 9.59 Å². The average Bonchev–Trinajstić information content (AvgIpc) is 3.25. The number of aliphatic hydroxyl groups is 2. The van der Waals surface area contributed by atoms with Crippen molar-refractivity contribution in [3.63, 3.8) is 0 Å². The van der Waals surface area contributed by atoms with Crippen LogP contribution in [0.1, 0.15) is 65.2 Å². The lowest BCUT2D eigenvalue weighted by Gasteiger charge is -2.39. The minimum Gasteiger partial charge on any atom is -0.467 e. The number of methoxy groups -OCH3 is 1. The van der Waals surface area contributed by atoms with Crippen LogP contribution in [0.5, 0.6) is 0 Å². The normalized spacial score (nSPS) is 18.4. The molecule has 0 radical (unpaired) electrons. The molecule has 6 atom stereocenters. The Bertz CT molecular complexity index is 1990. The fraction of sp³-hybridized carbons (Fsp3) is 0.304. The van der Waals surface area contributed by atoms with Crippen molar-refractivity contribution in [1.82, 2.24) is 15.5 Å². The van der Waals surface area contributed by atoms with Crippen LogP contribution < -0.4 is 10.6 Å². The molecule has 1 aliphatic heterocycles. The molecule has 1 heterocycles. The van der Waals surface area contributed by atoms with Crippen molar-refractivity contribution in [2.24, 2.45) is 0 Å². The summed E-state index contributed by atoms with van der Waals surface area (Å²) in [5.41, 5.74) is 7.36. The molecule has 1 aliphatic rings. The summed E-state index contributed by atoms with van der Waals surface area (Å²) in [7, 11) is 3.31. The van der Waals surface area contributed by atoms with Crippen LogP contribution in [-0.4, -0.2) is 66.0 Å². The van der Waals surface area contributed by atoms with E-state index in [1.54, 1.807) is 0 Å². The molecule has 5 aromatic carbocycles. The summed E-state index contributed by atoms with van der Waals surface area (Å²) in [5.74, 6) is -0.512. The highest BCUT2D eigenvalue weighted by molar-refractivity contribution is 5.83. The van der Waals surface area contributed by atoms with E-state index in [1.807, 2.05) is 147 Å². The summed E-state index contributed by atoms with van der Waals surface area (Å²) < 4.78 is 18.1. The van der Waals surface area contributed by atoms with Crippen molar-refractivity contribution in [3.8, 4) is 11.1 Å². The Morgan fingerprint density at radius 3 is 2.14 bits per heavy atom. The SMILES string of the molecule is COC(=O)C(Cc1ccccc1)NC(=O)NCc1cccc(-c2ccc(C3OC(CN(C)C(C)C(O)c4ccccc4)CC(c4ccc(CO)cc4)O3)cc2)c1. The highest BCUT2D eigenvalue weighted by Crippen LogP contribution is 2.39. The Hall–Kier alpha value is -5.36. The number of amides is 2. The standard InChI is InChI=1S/C46H51N3O7/c1-31(43(51)37-14-8-5-9-15-37)49(2)29-40-27-42(36-19-17-33(30-50)18-20-36)56-45(55-40)38-23-21-35(22-24-38)39-16-10-13-34(25-39)28-47-46(53)48-41(44(52)54-3)26-32-11-6-4-7-12-32/h4-25,31,40-43,45,50-51H,26-30H2,1-3H3,(H2,47,48,53). The van der Waals surface area contributed by atoms with Gasteiger partial charge in [-0.3, -0.25) is 4.90 Å². The molecule has 56 heavy (non-hydrogen) atoms. The molecule has 1 fully saturated rings. The maximum atomic E-state index is 12.8. The first-order valence-corrected chi connectivity index (χ1v) is 19.0. The second kappa shape index (κ2) is 19.5. The lowest BCUT2D eigenvalue weighted by molar-refractivity contribution is -0.253. The number of nitrogens with zero attached hydrogens (tertiary/aromatic N) is 1. The van der Waals surface area contributed by atoms with E-state index < -0.39 is 30.4 Å². The van der Waals surface area contributed by atoms with Gasteiger partial charge in [0, 0.05) is 37.5 Å². The minimum atomic E-state index is -0.821. The van der Waals surface area contributed by atoms with Crippen LogP contribution in [0.4, 0.5) is 4.79 Å². The molecule has 4 N–H and O–H groups in total. The van der Waals surface area contributed by atoms with Crippen molar-refractivity contribution in [3.05, 3.63) is 167 Å². The molecule has 10 heteroatoms. The number of aliphatic hydroxyl groups excluding tert-OH is 2. The van der Waals surface area contributed by atoms with Crippen molar-refractivity contribution < 1.29 is 34.0 Å².